The smallest absolute Gasteiger partial charge is 0.138 e. The zero-order valence-electron chi connectivity index (χ0n) is 10.7. The fourth-order valence-corrected chi connectivity index (χ4v) is 2.25. The molecule has 0 spiro atoms. The quantitative estimate of drug-likeness (QED) is 0.738. The van der Waals surface area contributed by atoms with Gasteiger partial charge < -0.3 is 10.5 Å². The maximum absolute atomic E-state index is 6.08. The van der Waals surface area contributed by atoms with Gasteiger partial charge in [-0.05, 0) is 42.0 Å². The maximum Gasteiger partial charge on any atom is 0.138 e. The summed E-state index contributed by atoms with van der Waals surface area (Å²) >= 11 is 6.08. The molecule has 0 amide bonds. The summed E-state index contributed by atoms with van der Waals surface area (Å²) in [6.45, 7) is 0.453. The Morgan fingerprint density at radius 1 is 1.10 bits per heavy atom. The van der Waals surface area contributed by atoms with Crippen LogP contribution in [0.3, 0.4) is 0 Å². The maximum atomic E-state index is 6.08. The van der Waals surface area contributed by atoms with Gasteiger partial charge in [-0.25, -0.2) is 0 Å². The first-order valence-corrected chi connectivity index (χ1v) is 6.62. The lowest BCUT2D eigenvalue weighted by molar-refractivity contribution is 0.306. The molecule has 100 valence electrons. The molecule has 0 bridgehead atoms. The number of nitrogen functional groups attached to an aromatic ring is 1. The lowest BCUT2D eigenvalue weighted by atomic mass is 10.1. The molecule has 1 heterocycles. The van der Waals surface area contributed by atoms with Crippen LogP contribution >= 0.6 is 11.6 Å². The standard InChI is InChI=1S/C16H13ClN2O/c17-14-9-13(18)4-6-16(14)20-10-11-3-5-15-12(8-11)2-1-7-19-15/h1-9H,10,18H2. The van der Waals surface area contributed by atoms with Gasteiger partial charge in [0.1, 0.15) is 12.4 Å². The van der Waals surface area contributed by atoms with Gasteiger partial charge >= 0.3 is 0 Å². The Balaban J connectivity index is 1.79. The van der Waals surface area contributed by atoms with Crippen LogP contribution in [0.1, 0.15) is 5.56 Å². The second kappa shape index (κ2) is 5.39. The van der Waals surface area contributed by atoms with E-state index in [0.717, 1.165) is 16.5 Å². The molecular weight excluding hydrogens is 272 g/mol. The minimum Gasteiger partial charge on any atom is -0.487 e. The second-order valence-corrected chi connectivity index (χ2v) is 4.92. The summed E-state index contributed by atoms with van der Waals surface area (Å²) < 4.78 is 5.72. The number of benzene rings is 2. The van der Waals surface area contributed by atoms with Gasteiger partial charge in [0.05, 0.1) is 10.5 Å². The highest BCUT2D eigenvalue weighted by atomic mass is 35.5. The van der Waals surface area contributed by atoms with E-state index in [1.54, 1.807) is 24.4 Å². The van der Waals surface area contributed by atoms with E-state index >= 15 is 0 Å². The molecule has 3 rings (SSSR count). The van der Waals surface area contributed by atoms with Crippen LogP contribution in [0, 0.1) is 0 Å². The summed E-state index contributed by atoms with van der Waals surface area (Å²) in [5.74, 6) is 0.632. The second-order valence-electron chi connectivity index (χ2n) is 4.51. The minimum atomic E-state index is 0.453. The van der Waals surface area contributed by atoms with Crippen molar-refractivity contribution in [1.29, 1.82) is 0 Å². The third kappa shape index (κ3) is 2.68. The molecule has 0 aliphatic carbocycles. The summed E-state index contributed by atoms with van der Waals surface area (Å²) in [5, 5.41) is 1.62. The van der Waals surface area contributed by atoms with E-state index in [1.807, 2.05) is 24.3 Å². The normalized spacial score (nSPS) is 10.7. The predicted octanol–water partition coefficient (Wildman–Crippen LogP) is 4.05. The molecule has 0 aliphatic heterocycles. The van der Waals surface area contributed by atoms with Crippen LogP contribution in [0.2, 0.25) is 5.02 Å². The van der Waals surface area contributed by atoms with E-state index in [9.17, 15) is 0 Å². The number of anilines is 1. The molecule has 0 saturated carbocycles. The Morgan fingerprint density at radius 3 is 2.85 bits per heavy atom. The molecule has 20 heavy (non-hydrogen) atoms. The fourth-order valence-electron chi connectivity index (χ4n) is 2.01. The number of nitrogens with zero attached hydrogens (tertiary/aromatic N) is 1. The first kappa shape index (κ1) is 12.8. The van der Waals surface area contributed by atoms with Crippen LogP contribution in [-0.2, 0) is 6.61 Å². The third-order valence-electron chi connectivity index (χ3n) is 3.02. The van der Waals surface area contributed by atoms with Crippen molar-refractivity contribution >= 4 is 28.2 Å². The van der Waals surface area contributed by atoms with Crippen LogP contribution in [0.4, 0.5) is 5.69 Å². The number of aromatic nitrogens is 1. The zero-order chi connectivity index (χ0) is 13.9. The van der Waals surface area contributed by atoms with Gasteiger partial charge in [0.15, 0.2) is 0 Å². The average molecular weight is 285 g/mol. The number of hydrogen-bond acceptors (Lipinski definition) is 3. The zero-order valence-corrected chi connectivity index (χ0v) is 11.5. The van der Waals surface area contributed by atoms with Crippen molar-refractivity contribution in [2.45, 2.75) is 6.61 Å². The van der Waals surface area contributed by atoms with E-state index in [2.05, 4.69) is 11.1 Å². The van der Waals surface area contributed by atoms with E-state index in [1.165, 1.54) is 0 Å². The minimum absolute atomic E-state index is 0.453. The molecule has 0 fully saturated rings. The summed E-state index contributed by atoms with van der Waals surface area (Å²) in [6.07, 6.45) is 1.78. The Kier molecular flexibility index (Phi) is 3.44. The fraction of sp³-hybridized carbons (Fsp3) is 0.0625. The highest BCUT2D eigenvalue weighted by Crippen LogP contribution is 2.27. The van der Waals surface area contributed by atoms with E-state index in [4.69, 9.17) is 22.1 Å². The first-order chi connectivity index (χ1) is 9.72. The van der Waals surface area contributed by atoms with Crippen LogP contribution in [0.5, 0.6) is 5.75 Å². The molecule has 0 atom stereocenters. The lowest BCUT2D eigenvalue weighted by Gasteiger charge is -2.09. The molecule has 0 saturated heterocycles. The number of halogens is 1. The molecule has 1 aromatic heterocycles. The van der Waals surface area contributed by atoms with Crippen LogP contribution in [-0.4, -0.2) is 4.98 Å². The monoisotopic (exact) mass is 284 g/mol. The van der Waals surface area contributed by atoms with Gasteiger partial charge in [-0.3, -0.25) is 4.98 Å². The Bertz CT molecular complexity index is 758. The average Bonchev–Trinajstić information content (AvgIpc) is 2.46. The van der Waals surface area contributed by atoms with Crippen molar-refractivity contribution in [2.24, 2.45) is 0 Å². The van der Waals surface area contributed by atoms with Gasteiger partial charge in [-0.2, -0.15) is 0 Å². The van der Waals surface area contributed by atoms with Crippen molar-refractivity contribution in [3.8, 4) is 5.75 Å². The molecule has 0 aliphatic rings. The number of fused-ring (bicyclic) bond motifs is 1. The molecule has 3 aromatic rings. The number of ether oxygens (including phenoxy) is 1. The highest BCUT2D eigenvalue weighted by Gasteiger charge is 2.03. The number of hydrogen-bond donors (Lipinski definition) is 1. The summed E-state index contributed by atoms with van der Waals surface area (Å²) in [6, 6.07) is 15.2. The number of nitrogens with two attached hydrogens (primary N) is 1. The summed E-state index contributed by atoms with van der Waals surface area (Å²) in [5.41, 5.74) is 8.32. The highest BCUT2D eigenvalue weighted by molar-refractivity contribution is 6.32. The van der Waals surface area contributed by atoms with Crippen molar-refractivity contribution in [3.63, 3.8) is 0 Å². The van der Waals surface area contributed by atoms with Crippen molar-refractivity contribution < 1.29 is 4.74 Å². The predicted molar refractivity (Wildman–Crippen MR) is 81.9 cm³/mol. The molecule has 2 aromatic carbocycles. The molecule has 3 nitrogen and oxygen atoms in total. The SMILES string of the molecule is Nc1ccc(OCc2ccc3ncccc3c2)c(Cl)c1. The Labute approximate surface area is 122 Å². The van der Waals surface area contributed by atoms with Gasteiger partial charge in [0, 0.05) is 17.3 Å². The van der Waals surface area contributed by atoms with Gasteiger partial charge in [-0.15, -0.1) is 0 Å². The molecule has 0 radical (unpaired) electrons. The van der Waals surface area contributed by atoms with Crippen LogP contribution < -0.4 is 10.5 Å². The molecule has 4 heteroatoms. The molecule has 0 unspecified atom stereocenters. The Hall–Kier alpha value is -2.26. The summed E-state index contributed by atoms with van der Waals surface area (Å²) in [4.78, 5) is 4.29. The van der Waals surface area contributed by atoms with Crippen molar-refractivity contribution in [1.82, 2.24) is 4.98 Å². The van der Waals surface area contributed by atoms with E-state index in [0.29, 0.717) is 23.1 Å². The van der Waals surface area contributed by atoms with Gasteiger partial charge in [0.2, 0.25) is 0 Å². The summed E-state index contributed by atoms with van der Waals surface area (Å²) in [7, 11) is 0. The largest absolute Gasteiger partial charge is 0.487 e. The van der Waals surface area contributed by atoms with E-state index < -0.39 is 0 Å². The third-order valence-corrected chi connectivity index (χ3v) is 3.31. The van der Waals surface area contributed by atoms with Gasteiger partial charge in [0.25, 0.3) is 0 Å². The van der Waals surface area contributed by atoms with Crippen molar-refractivity contribution in [3.05, 3.63) is 65.3 Å². The van der Waals surface area contributed by atoms with Crippen molar-refractivity contribution in [2.75, 3.05) is 5.73 Å². The van der Waals surface area contributed by atoms with E-state index in [-0.39, 0.29) is 0 Å². The number of rotatable bonds is 3. The topological polar surface area (TPSA) is 48.1 Å². The van der Waals surface area contributed by atoms with Crippen LogP contribution in [0.15, 0.2) is 54.7 Å². The first-order valence-electron chi connectivity index (χ1n) is 6.24. The Morgan fingerprint density at radius 2 is 2.00 bits per heavy atom. The lowest BCUT2D eigenvalue weighted by Crippen LogP contribution is -1.96. The molecule has 2 N–H and O–H groups in total. The number of pyridine rings is 1. The van der Waals surface area contributed by atoms with Gasteiger partial charge in [-0.1, -0.05) is 23.7 Å². The van der Waals surface area contributed by atoms with Crippen LogP contribution in [0.25, 0.3) is 10.9 Å². The molecular formula is C16H13ClN2O.